The lowest BCUT2D eigenvalue weighted by atomic mass is 9.90. The minimum absolute atomic E-state index is 0.253. The van der Waals surface area contributed by atoms with E-state index in [2.05, 4.69) is 29.7 Å². The fourth-order valence-corrected chi connectivity index (χ4v) is 3.99. The highest BCUT2D eigenvalue weighted by molar-refractivity contribution is 5.97. The first-order chi connectivity index (χ1) is 14.7. The van der Waals surface area contributed by atoms with Gasteiger partial charge in [0, 0.05) is 17.6 Å². The fraction of sp³-hybridized carbons (Fsp3) is 0.192. The Kier molecular flexibility index (Phi) is 2.93. The molecule has 1 nitrogen and oxygen atoms in total. The van der Waals surface area contributed by atoms with Crippen LogP contribution < -0.4 is 4.57 Å². The highest BCUT2D eigenvalue weighted by atomic mass is 14.9. The third kappa shape index (κ3) is 2.75. The molecule has 0 atom stereocenters. The molecule has 1 aliphatic carbocycles. The Morgan fingerprint density at radius 2 is 1.78 bits per heavy atom. The van der Waals surface area contributed by atoms with Crippen molar-refractivity contribution >= 4 is 10.8 Å². The van der Waals surface area contributed by atoms with E-state index in [0.29, 0.717) is 11.1 Å². The molecule has 132 valence electrons. The molecule has 0 fully saturated rings. The SMILES string of the molecule is [2H]C1([2H])CC([2H])([2H])c2ccccc2-c2cc[n+](C)c(c2)-c2c(C)ccc3ccc1cc23. The van der Waals surface area contributed by atoms with E-state index in [0.717, 1.165) is 38.7 Å². The summed E-state index contributed by atoms with van der Waals surface area (Å²) in [7, 11) is 2.01. The van der Waals surface area contributed by atoms with Gasteiger partial charge >= 0.3 is 0 Å². The van der Waals surface area contributed by atoms with E-state index in [4.69, 9.17) is 5.48 Å². The number of hydrogen-bond acceptors (Lipinski definition) is 0. The van der Waals surface area contributed by atoms with E-state index in [1.165, 1.54) is 0 Å². The summed E-state index contributed by atoms with van der Waals surface area (Å²) in [5, 5.41) is 2.04. The van der Waals surface area contributed by atoms with Crippen LogP contribution in [0.4, 0.5) is 0 Å². The van der Waals surface area contributed by atoms with Gasteiger partial charge in [0.05, 0.1) is 5.56 Å². The highest BCUT2D eigenvalue weighted by Gasteiger charge is 2.19. The number of rotatable bonds is 0. The second kappa shape index (κ2) is 6.35. The quantitative estimate of drug-likeness (QED) is 0.352. The van der Waals surface area contributed by atoms with Crippen LogP contribution in [0.3, 0.4) is 0 Å². The van der Waals surface area contributed by atoms with Crippen molar-refractivity contribution < 1.29 is 10.1 Å². The van der Waals surface area contributed by atoms with Gasteiger partial charge in [-0.05, 0) is 64.7 Å². The van der Waals surface area contributed by atoms with E-state index in [1.54, 1.807) is 12.1 Å². The highest BCUT2D eigenvalue weighted by Crippen LogP contribution is 2.34. The molecule has 1 aromatic heterocycles. The second-order valence-corrected chi connectivity index (χ2v) is 7.18. The zero-order chi connectivity index (χ0) is 22.0. The fourth-order valence-electron chi connectivity index (χ4n) is 3.99. The predicted molar refractivity (Wildman–Crippen MR) is 113 cm³/mol. The number of fused-ring (bicyclic) bond motifs is 6. The normalized spacial score (nSPS) is 19.0. The summed E-state index contributed by atoms with van der Waals surface area (Å²) in [4.78, 5) is 0. The van der Waals surface area contributed by atoms with Crippen LogP contribution in [-0.2, 0) is 19.8 Å². The molecule has 0 N–H and O–H groups in total. The molecular formula is C26H24N+. The van der Waals surface area contributed by atoms with Gasteiger partial charge in [0.1, 0.15) is 7.05 Å². The van der Waals surface area contributed by atoms with Crippen LogP contribution in [0.1, 0.15) is 28.6 Å². The molecule has 0 amide bonds. The van der Waals surface area contributed by atoms with Gasteiger partial charge in [0.25, 0.3) is 0 Å². The van der Waals surface area contributed by atoms with Crippen molar-refractivity contribution in [2.24, 2.45) is 7.05 Å². The van der Waals surface area contributed by atoms with Gasteiger partial charge in [-0.1, -0.05) is 54.6 Å². The van der Waals surface area contributed by atoms with Gasteiger partial charge in [0.2, 0.25) is 5.69 Å². The molecule has 1 heteroatoms. The van der Waals surface area contributed by atoms with Crippen LogP contribution in [0.15, 0.2) is 72.9 Å². The molecular weight excluding hydrogens is 326 g/mol. The maximum atomic E-state index is 8.84. The van der Waals surface area contributed by atoms with Crippen molar-refractivity contribution in [3.05, 3.63) is 89.6 Å². The van der Waals surface area contributed by atoms with Crippen molar-refractivity contribution in [3.63, 3.8) is 0 Å². The Labute approximate surface area is 166 Å². The second-order valence-electron chi connectivity index (χ2n) is 7.18. The average molecular weight is 355 g/mol. The van der Waals surface area contributed by atoms with Crippen LogP contribution in [-0.4, -0.2) is 0 Å². The summed E-state index contributed by atoms with van der Waals surface area (Å²) in [6.07, 6.45) is -1.88. The van der Waals surface area contributed by atoms with E-state index >= 15 is 0 Å². The Morgan fingerprint density at radius 1 is 0.926 bits per heavy atom. The predicted octanol–water partition coefficient (Wildman–Crippen LogP) is 5.80. The molecule has 1 heterocycles. The van der Waals surface area contributed by atoms with Gasteiger partial charge in [-0.25, -0.2) is 4.57 Å². The lowest BCUT2D eigenvalue weighted by Gasteiger charge is -2.15. The topological polar surface area (TPSA) is 3.88 Å². The monoisotopic (exact) mass is 354 g/mol. The summed E-state index contributed by atoms with van der Waals surface area (Å²) >= 11 is 0. The number of aryl methyl sites for hydroxylation is 4. The average Bonchev–Trinajstić information content (AvgIpc) is 2.73. The summed E-state index contributed by atoms with van der Waals surface area (Å²) in [6, 6.07) is 21.4. The van der Waals surface area contributed by atoms with Gasteiger partial charge in [-0.15, -0.1) is 0 Å². The van der Waals surface area contributed by atoms with Crippen molar-refractivity contribution in [1.82, 2.24) is 0 Å². The number of aromatic nitrogens is 1. The van der Waals surface area contributed by atoms with Crippen LogP contribution in [0, 0.1) is 6.92 Å². The Morgan fingerprint density at radius 3 is 2.70 bits per heavy atom. The van der Waals surface area contributed by atoms with Crippen LogP contribution in [0.2, 0.25) is 0 Å². The van der Waals surface area contributed by atoms with Gasteiger partial charge in [0.15, 0.2) is 6.20 Å². The zero-order valence-electron chi connectivity index (χ0n) is 19.6. The number of hydrogen-bond donors (Lipinski definition) is 0. The van der Waals surface area contributed by atoms with E-state index in [9.17, 15) is 0 Å². The first kappa shape index (κ1) is 12.5. The molecule has 4 aromatic rings. The lowest BCUT2D eigenvalue weighted by Crippen LogP contribution is -2.30. The van der Waals surface area contributed by atoms with Gasteiger partial charge < -0.3 is 0 Å². The first-order valence-corrected chi connectivity index (χ1v) is 9.31. The third-order valence-electron chi connectivity index (χ3n) is 5.45. The molecule has 0 saturated carbocycles. The van der Waals surface area contributed by atoms with Crippen LogP contribution in [0.25, 0.3) is 33.2 Å². The lowest BCUT2D eigenvalue weighted by molar-refractivity contribution is -0.660. The number of nitrogens with zero attached hydrogens (tertiary/aromatic N) is 1. The summed E-state index contributed by atoms with van der Waals surface area (Å²) < 4.78 is 37.3. The third-order valence-corrected chi connectivity index (χ3v) is 5.45. The molecule has 4 bridgehead atoms. The standard InChI is InChI=1S/C26H24N/c1-18-10-12-21-13-11-19-6-5-8-20-7-3-4-9-23(20)22-14-15-27(2)25(17-22)26(18)24(21)16-19/h3-4,7,9-17H,5-6,8H2,1-2H3/q+1/i6D2,8D2. The maximum absolute atomic E-state index is 8.84. The zero-order valence-corrected chi connectivity index (χ0v) is 15.6. The molecule has 0 spiro atoms. The summed E-state index contributed by atoms with van der Waals surface area (Å²) in [5.74, 6) is 0. The Balaban J connectivity index is 1.96. The van der Waals surface area contributed by atoms with E-state index in [1.807, 2.05) is 49.6 Å². The largest absolute Gasteiger partial charge is 0.213 e. The van der Waals surface area contributed by atoms with Crippen molar-refractivity contribution in [2.75, 3.05) is 0 Å². The molecule has 0 saturated heterocycles. The van der Waals surface area contributed by atoms with E-state index < -0.39 is 12.7 Å². The Bertz CT molecular complexity index is 1340. The molecule has 5 rings (SSSR count). The smallest absolute Gasteiger partial charge is 0.201 e. The maximum Gasteiger partial charge on any atom is 0.213 e. The van der Waals surface area contributed by atoms with Crippen molar-refractivity contribution in [3.8, 4) is 22.4 Å². The van der Waals surface area contributed by atoms with Crippen molar-refractivity contribution in [1.29, 1.82) is 0 Å². The molecule has 0 unspecified atom stereocenters. The number of benzene rings is 3. The van der Waals surface area contributed by atoms with Crippen LogP contribution >= 0.6 is 0 Å². The molecule has 27 heavy (non-hydrogen) atoms. The molecule has 0 aliphatic heterocycles. The van der Waals surface area contributed by atoms with Crippen molar-refractivity contribution in [2.45, 2.75) is 26.1 Å². The first-order valence-electron chi connectivity index (χ1n) is 11.3. The van der Waals surface area contributed by atoms with Gasteiger partial charge in [-0.3, -0.25) is 0 Å². The van der Waals surface area contributed by atoms with Crippen LogP contribution in [0.5, 0.6) is 0 Å². The van der Waals surface area contributed by atoms with E-state index in [-0.39, 0.29) is 6.42 Å². The molecule has 3 aromatic carbocycles. The molecule has 1 aliphatic rings. The van der Waals surface area contributed by atoms with Gasteiger partial charge in [-0.2, -0.15) is 0 Å². The summed E-state index contributed by atoms with van der Waals surface area (Å²) in [6.45, 7) is 2.08. The number of pyridine rings is 1. The minimum Gasteiger partial charge on any atom is -0.201 e. The summed E-state index contributed by atoms with van der Waals surface area (Å²) in [5.41, 5.74) is 5.99. The molecule has 0 radical (unpaired) electrons. The minimum atomic E-state index is -1.83. The Hall–Kier alpha value is -2.93.